The van der Waals surface area contributed by atoms with E-state index in [0.29, 0.717) is 4.90 Å². The summed E-state index contributed by atoms with van der Waals surface area (Å²) in [5.41, 5.74) is -4.47. The molecule has 0 bridgehead atoms. The second kappa shape index (κ2) is 4.59. The molecule has 1 N–H and O–H groups in total. The topological polar surface area (TPSA) is 62.7 Å². The van der Waals surface area contributed by atoms with Gasteiger partial charge < -0.3 is 9.84 Å². The van der Waals surface area contributed by atoms with Crippen LogP contribution in [-0.2, 0) is 10.3 Å². The van der Waals surface area contributed by atoms with E-state index in [1.165, 1.54) is 12.3 Å². The van der Waals surface area contributed by atoms with Gasteiger partial charge in [0.05, 0.1) is 6.54 Å². The molecule has 0 fully saturated rings. The normalized spacial score (nSPS) is 22.1. The molecule has 116 valence electrons. The molecule has 1 atom stereocenters. The highest BCUT2D eigenvalue weighted by Gasteiger charge is 2.62. The standard InChI is InChI=1S/C13H15F3N2O3/c1-11(2,3)21-10(19)18-7-12(20,13(14,15)16)8-5-4-6-17-9(8)18/h4-6,20H,7H2,1-3H3. The van der Waals surface area contributed by atoms with Crippen molar-refractivity contribution in [1.29, 1.82) is 0 Å². The summed E-state index contributed by atoms with van der Waals surface area (Å²) in [4.78, 5) is 16.5. The van der Waals surface area contributed by atoms with Gasteiger partial charge in [0.25, 0.3) is 0 Å². The van der Waals surface area contributed by atoms with Crippen molar-refractivity contribution in [1.82, 2.24) is 4.98 Å². The van der Waals surface area contributed by atoms with Crippen LogP contribution in [0.4, 0.5) is 23.8 Å². The summed E-state index contributed by atoms with van der Waals surface area (Å²) in [5, 5.41) is 9.98. The number of hydrogen-bond donors (Lipinski definition) is 1. The molecule has 0 spiro atoms. The van der Waals surface area contributed by atoms with Gasteiger partial charge in [-0.2, -0.15) is 13.2 Å². The van der Waals surface area contributed by atoms with Gasteiger partial charge >= 0.3 is 12.3 Å². The summed E-state index contributed by atoms with van der Waals surface area (Å²) in [5.74, 6) is -0.244. The summed E-state index contributed by atoms with van der Waals surface area (Å²) in [6.07, 6.45) is -4.66. The highest BCUT2D eigenvalue weighted by Crippen LogP contribution is 2.47. The van der Waals surface area contributed by atoms with Crippen LogP contribution in [0.25, 0.3) is 0 Å². The molecular weight excluding hydrogens is 289 g/mol. The van der Waals surface area contributed by atoms with E-state index >= 15 is 0 Å². The number of fused-ring (bicyclic) bond motifs is 1. The third-order valence-corrected chi connectivity index (χ3v) is 2.96. The first-order valence-electron chi connectivity index (χ1n) is 6.21. The molecule has 0 aliphatic carbocycles. The first-order valence-corrected chi connectivity index (χ1v) is 6.21. The Morgan fingerprint density at radius 2 is 2.05 bits per heavy atom. The Balaban J connectivity index is 2.43. The van der Waals surface area contributed by atoms with Crippen LogP contribution in [0.1, 0.15) is 26.3 Å². The molecule has 1 aromatic rings. The molecule has 1 aliphatic rings. The van der Waals surface area contributed by atoms with Crippen LogP contribution in [-0.4, -0.2) is 34.5 Å². The predicted molar refractivity (Wildman–Crippen MR) is 67.8 cm³/mol. The molecule has 21 heavy (non-hydrogen) atoms. The molecule has 1 amide bonds. The third kappa shape index (κ3) is 2.67. The maximum atomic E-state index is 13.1. The van der Waals surface area contributed by atoms with Crippen molar-refractivity contribution >= 4 is 11.9 Å². The van der Waals surface area contributed by atoms with E-state index in [1.807, 2.05) is 0 Å². The second-order valence-corrected chi connectivity index (χ2v) is 5.80. The molecule has 1 unspecified atom stereocenters. The molecule has 8 heteroatoms. The monoisotopic (exact) mass is 304 g/mol. The van der Waals surface area contributed by atoms with Crippen molar-refractivity contribution in [3.05, 3.63) is 23.9 Å². The van der Waals surface area contributed by atoms with Gasteiger partial charge in [-0.25, -0.2) is 9.78 Å². The summed E-state index contributed by atoms with van der Waals surface area (Å²) in [6, 6.07) is 2.37. The minimum atomic E-state index is -4.93. The van der Waals surface area contributed by atoms with E-state index in [2.05, 4.69) is 4.98 Å². The van der Waals surface area contributed by atoms with Crippen LogP contribution in [0, 0.1) is 0 Å². The molecule has 0 radical (unpaired) electrons. The van der Waals surface area contributed by atoms with E-state index in [4.69, 9.17) is 4.74 Å². The number of β-amino-alcohol motifs (C(OH)–C–C–N with tert-alkyl or cyclic N) is 1. The minimum Gasteiger partial charge on any atom is -0.443 e. The van der Waals surface area contributed by atoms with Crippen LogP contribution in [0.2, 0.25) is 0 Å². The Morgan fingerprint density at radius 3 is 2.57 bits per heavy atom. The van der Waals surface area contributed by atoms with Crippen LogP contribution in [0.15, 0.2) is 18.3 Å². The number of carbonyl (C=O) groups is 1. The van der Waals surface area contributed by atoms with E-state index in [9.17, 15) is 23.1 Å². The Kier molecular flexibility index (Phi) is 3.40. The summed E-state index contributed by atoms with van der Waals surface area (Å²) < 4.78 is 44.5. The quantitative estimate of drug-likeness (QED) is 0.800. The number of carbonyl (C=O) groups excluding carboxylic acids is 1. The van der Waals surface area contributed by atoms with Crippen molar-refractivity contribution in [3.8, 4) is 0 Å². The average molecular weight is 304 g/mol. The number of pyridine rings is 1. The van der Waals surface area contributed by atoms with E-state index in [-0.39, 0.29) is 5.82 Å². The fourth-order valence-corrected chi connectivity index (χ4v) is 2.03. The first kappa shape index (κ1) is 15.6. The Hall–Kier alpha value is -1.83. The van der Waals surface area contributed by atoms with Gasteiger partial charge in [0, 0.05) is 11.8 Å². The number of nitrogens with zero attached hydrogens (tertiary/aromatic N) is 2. The molecule has 1 aliphatic heterocycles. The van der Waals surface area contributed by atoms with Crippen molar-refractivity contribution in [2.45, 2.75) is 38.1 Å². The number of aliphatic hydroxyl groups is 1. The maximum absolute atomic E-state index is 13.1. The largest absolute Gasteiger partial charge is 0.443 e. The van der Waals surface area contributed by atoms with Crippen LogP contribution >= 0.6 is 0 Å². The van der Waals surface area contributed by atoms with Crippen LogP contribution in [0.5, 0.6) is 0 Å². The Morgan fingerprint density at radius 1 is 1.43 bits per heavy atom. The first-order chi connectivity index (χ1) is 9.46. The number of amides is 1. The smallest absolute Gasteiger partial charge is 0.423 e. The number of ether oxygens (including phenoxy) is 1. The molecule has 1 aromatic heterocycles. The summed E-state index contributed by atoms with van der Waals surface area (Å²) >= 11 is 0. The number of rotatable bonds is 0. The second-order valence-electron chi connectivity index (χ2n) is 5.80. The SMILES string of the molecule is CC(C)(C)OC(=O)N1CC(O)(C(F)(F)F)c2cccnc21. The lowest BCUT2D eigenvalue weighted by molar-refractivity contribution is -0.259. The van der Waals surface area contributed by atoms with Gasteiger partial charge in [-0.1, -0.05) is 6.07 Å². The zero-order chi connectivity index (χ0) is 16.1. The number of anilines is 1. The van der Waals surface area contributed by atoms with Crippen LogP contribution in [0.3, 0.4) is 0 Å². The number of aromatic nitrogens is 1. The molecule has 0 saturated carbocycles. The van der Waals surface area contributed by atoms with Crippen molar-refractivity contribution < 1.29 is 27.8 Å². The van der Waals surface area contributed by atoms with Gasteiger partial charge in [-0.3, -0.25) is 4.90 Å². The zero-order valence-electron chi connectivity index (χ0n) is 11.7. The van der Waals surface area contributed by atoms with Crippen molar-refractivity contribution in [3.63, 3.8) is 0 Å². The number of halogens is 3. The predicted octanol–water partition coefficient (Wildman–Crippen LogP) is 2.59. The lowest BCUT2D eigenvalue weighted by atomic mass is 9.97. The number of alkyl halides is 3. The van der Waals surface area contributed by atoms with E-state index < -0.39 is 35.6 Å². The van der Waals surface area contributed by atoms with Gasteiger partial charge in [0.1, 0.15) is 11.4 Å². The summed E-state index contributed by atoms with van der Waals surface area (Å²) in [7, 11) is 0. The Bertz CT molecular complexity index is 569. The highest BCUT2D eigenvalue weighted by molar-refractivity contribution is 5.90. The highest BCUT2D eigenvalue weighted by atomic mass is 19.4. The average Bonchev–Trinajstić information content (AvgIpc) is 2.62. The van der Waals surface area contributed by atoms with Gasteiger partial charge in [-0.15, -0.1) is 0 Å². The molecule has 0 aromatic carbocycles. The lowest BCUT2D eigenvalue weighted by Gasteiger charge is -2.27. The molecule has 2 heterocycles. The summed E-state index contributed by atoms with van der Waals surface area (Å²) in [6.45, 7) is 3.81. The Labute approximate surface area is 119 Å². The molecule has 0 saturated heterocycles. The third-order valence-electron chi connectivity index (χ3n) is 2.96. The van der Waals surface area contributed by atoms with Crippen molar-refractivity contribution in [2.24, 2.45) is 0 Å². The lowest BCUT2D eigenvalue weighted by Crippen LogP contribution is -2.48. The minimum absolute atomic E-state index is 0.244. The van der Waals surface area contributed by atoms with Gasteiger partial charge in [0.2, 0.25) is 5.60 Å². The zero-order valence-corrected chi connectivity index (χ0v) is 11.7. The fraction of sp³-hybridized carbons (Fsp3) is 0.538. The molecule has 5 nitrogen and oxygen atoms in total. The van der Waals surface area contributed by atoms with E-state index in [0.717, 1.165) is 6.07 Å². The maximum Gasteiger partial charge on any atom is 0.423 e. The molecular formula is C13H15F3N2O3. The van der Waals surface area contributed by atoms with Gasteiger partial charge in [-0.05, 0) is 26.8 Å². The fourth-order valence-electron chi connectivity index (χ4n) is 2.03. The van der Waals surface area contributed by atoms with E-state index in [1.54, 1.807) is 20.8 Å². The van der Waals surface area contributed by atoms with Gasteiger partial charge in [0.15, 0.2) is 0 Å². The molecule has 2 rings (SSSR count). The van der Waals surface area contributed by atoms with Crippen LogP contribution < -0.4 is 4.90 Å². The number of hydrogen-bond acceptors (Lipinski definition) is 4. The van der Waals surface area contributed by atoms with Crippen molar-refractivity contribution in [2.75, 3.05) is 11.4 Å².